The lowest BCUT2D eigenvalue weighted by atomic mass is 10.1. The topological polar surface area (TPSA) is 91.4 Å². The van der Waals surface area contributed by atoms with Crippen molar-refractivity contribution in [1.82, 2.24) is 15.2 Å². The van der Waals surface area contributed by atoms with Gasteiger partial charge in [0.25, 0.3) is 5.91 Å². The molecule has 142 valence electrons. The van der Waals surface area contributed by atoms with Crippen LogP contribution in [0, 0.1) is 0 Å². The maximum Gasteiger partial charge on any atom is 0.313 e. The Balaban J connectivity index is 2.02. The SMILES string of the molecule is CCN(CC)C(=O)c1cccc(NC(=O)C(=O)NC(C)c2ccncc2)c1. The van der Waals surface area contributed by atoms with Crippen molar-refractivity contribution in [3.8, 4) is 0 Å². The van der Waals surface area contributed by atoms with E-state index in [0.717, 1.165) is 5.56 Å². The summed E-state index contributed by atoms with van der Waals surface area (Å²) in [7, 11) is 0. The molecule has 1 unspecified atom stereocenters. The van der Waals surface area contributed by atoms with E-state index in [-0.39, 0.29) is 11.9 Å². The van der Waals surface area contributed by atoms with Gasteiger partial charge in [0, 0.05) is 36.7 Å². The zero-order valence-electron chi connectivity index (χ0n) is 15.7. The molecule has 7 nitrogen and oxygen atoms in total. The third kappa shape index (κ3) is 5.37. The minimum absolute atomic E-state index is 0.119. The summed E-state index contributed by atoms with van der Waals surface area (Å²) in [4.78, 5) is 42.3. The lowest BCUT2D eigenvalue weighted by Crippen LogP contribution is -2.37. The van der Waals surface area contributed by atoms with Gasteiger partial charge < -0.3 is 15.5 Å². The largest absolute Gasteiger partial charge is 0.341 e. The number of hydrogen-bond donors (Lipinski definition) is 2. The monoisotopic (exact) mass is 368 g/mol. The van der Waals surface area contributed by atoms with E-state index in [0.29, 0.717) is 24.3 Å². The maximum absolute atomic E-state index is 12.4. The van der Waals surface area contributed by atoms with Crippen LogP contribution in [0.1, 0.15) is 42.7 Å². The molecule has 2 rings (SSSR count). The Morgan fingerprint density at radius 3 is 2.33 bits per heavy atom. The van der Waals surface area contributed by atoms with Crippen LogP contribution in [0.25, 0.3) is 0 Å². The highest BCUT2D eigenvalue weighted by Crippen LogP contribution is 2.14. The van der Waals surface area contributed by atoms with Gasteiger partial charge >= 0.3 is 11.8 Å². The van der Waals surface area contributed by atoms with Gasteiger partial charge in [0.1, 0.15) is 0 Å². The average Bonchev–Trinajstić information content (AvgIpc) is 2.69. The standard InChI is InChI=1S/C20H24N4O3/c1-4-24(5-2)20(27)16-7-6-8-17(13-16)23-19(26)18(25)22-14(3)15-9-11-21-12-10-15/h6-14H,4-5H2,1-3H3,(H,22,25)(H,23,26). The molecule has 3 amide bonds. The van der Waals surface area contributed by atoms with Gasteiger partial charge in [-0.05, 0) is 56.7 Å². The van der Waals surface area contributed by atoms with Crippen molar-refractivity contribution in [3.63, 3.8) is 0 Å². The predicted octanol–water partition coefficient (Wildman–Crippen LogP) is 2.38. The third-order valence-electron chi connectivity index (χ3n) is 4.18. The van der Waals surface area contributed by atoms with Crippen LogP contribution in [0.3, 0.4) is 0 Å². The van der Waals surface area contributed by atoms with Crippen LogP contribution in [-0.4, -0.2) is 40.7 Å². The van der Waals surface area contributed by atoms with Crippen molar-refractivity contribution in [1.29, 1.82) is 0 Å². The molecule has 0 radical (unpaired) electrons. The van der Waals surface area contributed by atoms with Gasteiger partial charge in [-0.3, -0.25) is 19.4 Å². The van der Waals surface area contributed by atoms with E-state index in [9.17, 15) is 14.4 Å². The molecule has 0 saturated carbocycles. The van der Waals surface area contributed by atoms with Crippen LogP contribution in [0.5, 0.6) is 0 Å². The van der Waals surface area contributed by atoms with E-state index in [2.05, 4.69) is 15.6 Å². The fourth-order valence-corrected chi connectivity index (χ4v) is 2.61. The fourth-order valence-electron chi connectivity index (χ4n) is 2.61. The summed E-state index contributed by atoms with van der Waals surface area (Å²) in [5, 5.41) is 5.17. The van der Waals surface area contributed by atoms with Crippen molar-refractivity contribution < 1.29 is 14.4 Å². The summed E-state index contributed by atoms with van der Waals surface area (Å²) in [5.41, 5.74) is 1.70. The first-order valence-corrected chi connectivity index (χ1v) is 8.87. The highest BCUT2D eigenvalue weighted by molar-refractivity contribution is 6.39. The number of rotatable bonds is 6. The van der Waals surface area contributed by atoms with E-state index in [1.807, 2.05) is 13.8 Å². The van der Waals surface area contributed by atoms with Crippen molar-refractivity contribution in [3.05, 3.63) is 59.9 Å². The summed E-state index contributed by atoms with van der Waals surface area (Å²) in [6, 6.07) is 9.76. The first-order valence-electron chi connectivity index (χ1n) is 8.87. The molecule has 0 fully saturated rings. The second-order valence-corrected chi connectivity index (χ2v) is 5.99. The minimum atomic E-state index is -0.789. The van der Waals surface area contributed by atoms with Crippen LogP contribution < -0.4 is 10.6 Å². The van der Waals surface area contributed by atoms with Gasteiger partial charge in [0.2, 0.25) is 0 Å². The van der Waals surface area contributed by atoms with E-state index in [1.54, 1.807) is 60.6 Å². The van der Waals surface area contributed by atoms with Crippen LogP contribution in [0.2, 0.25) is 0 Å². The van der Waals surface area contributed by atoms with Gasteiger partial charge in [-0.25, -0.2) is 0 Å². The molecule has 0 aliphatic rings. The Morgan fingerprint density at radius 2 is 1.70 bits per heavy atom. The number of anilines is 1. The average molecular weight is 368 g/mol. The Morgan fingerprint density at radius 1 is 1.04 bits per heavy atom. The smallest absolute Gasteiger partial charge is 0.313 e. The minimum Gasteiger partial charge on any atom is -0.341 e. The number of pyridine rings is 1. The molecule has 1 aromatic heterocycles. The predicted molar refractivity (Wildman–Crippen MR) is 103 cm³/mol. The zero-order chi connectivity index (χ0) is 19.8. The van der Waals surface area contributed by atoms with Crippen LogP contribution in [0.15, 0.2) is 48.8 Å². The molecule has 0 bridgehead atoms. The van der Waals surface area contributed by atoms with Gasteiger partial charge in [0.15, 0.2) is 0 Å². The second-order valence-electron chi connectivity index (χ2n) is 5.99. The van der Waals surface area contributed by atoms with Crippen LogP contribution >= 0.6 is 0 Å². The van der Waals surface area contributed by atoms with Crippen molar-refractivity contribution in [2.24, 2.45) is 0 Å². The molecule has 2 N–H and O–H groups in total. The number of amides is 3. The molecule has 27 heavy (non-hydrogen) atoms. The highest BCUT2D eigenvalue weighted by Gasteiger charge is 2.18. The summed E-state index contributed by atoms with van der Waals surface area (Å²) >= 11 is 0. The van der Waals surface area contributed by atoms with Crippen LogP contribution in [0.4, 0.5) is 5.69 Å². The van der Waals surface area contributed by atoms with Gasteiger partial charge in [-0.15, -0.1) is 0 Å². The summed E-state index contributed by atoms with van der Waals surface area (Å²) < 4.78 is 0. The Labute approximate surface area is 158 Å². The first-order chi connectivity index (χ1) is 13.0. The van der Waals surface area contributed by atoms with Crippen molar-refractivity contribution in [2.45, 2.75) is 26.8 Å². The molecule has 2 aromatic rings. The number of carbonyl (C=O) groups is 3. The zero-order valence-corrected chi connectivity index (χ0v) is 15.7. The number of carbonyl (C=O) groups excluding carboxylic acids is 3. The molecule has 1 heterocycles. The molecular formula is C20H24N4O3. The summed E-state index contributed by atoms with van der Waals surface area (Å²) in [6.45, 7) is 6.79. The third-order valence-corrected chi connectivity index (χ3v) is 4.18. The van der Waals surface area contributed by atoms with Crippen LogP contribution in [-0.2, 0) is 9.59 Å². The Bertz CT molecular complexity index is 804. The molecule has 1 aromatic carbocycles. The molecule has 0 aliphatic carbocycles. The van der Waals surface area contributed by atoms with Crippen molar-refractivity contribution in [2.75, 3.05) is 18.4 Å². The lowest BCUT2D eigenvalue weighted by molar-refractivity contribution is -0.136. The van der Waals surface area contributed by atoms with E-state index < -0.39 is 11.8 Å². The van der Waals surface area contributed by atoms with Gasteiger partial charge in [-0.2, -0.15) is 0 Å². The summed E-state index contributed by atoms with van der Waals surface area (Å²) in [5.74, 6) is -1.66. The van der Waals surface area contributed by atoms with Crippen molar-refractivity contribution >= 4 is 23.4 Å². The molecule has 0 saturated heterocycles. The number of hydrogen-bond acceptors (Lipinski definition) is 4. The summed E-state index contributed by atoms with van der Waals surface area (Å²) in [6.07, 6.45) is 3.24. The number of nitrogens with zero attached hydrogens (tertiary/aromatic N) is 2. The normalized spacial score (nSPS) is 11.4. The Kier molecular flexibility index (Phi) is 7.05. The van der Waals surface area contributed by atoms with E-state index in [4.69, 9.17) is 0 Å². The quantitative estimate of drug-likeness (QED) is 0.766. The van der Waals surface area contributed by atoms with Gasteiger partial charge in [-0.1, -0.05) is 6.07 Å². The van der Waals surface area contributed by atoms with E-state index >= 15 is 0 Å². The highest BCUT2D eigenvalue weighted by atomic mass is 16.2. The number of benzene rings is 1. The lowest BCUT2D eigenvalue weighted by Gasteiger charge is -2.19. The number of nitrogens with one attached hydrogen (secondary N) is 2. The van der Waals surface area contributed by atoms with E-state index in [1.165, 1.54) is 0 Å². The van der Waals surface area contributed by atoms with Gasteiger partial charge in [0.05, 0.1) is 6.04 Å². The molecular weight excluding hydrogens is 344 g/mol. The molecule has 7 heteroatoms. The fraction of sp³-hybridized carbons (Fsp3) is 0.300. The number of aromatic nitrogens is 1. The Hall–Kier alpha value is -3.22. The second kappa shape index (κ2) is 9.47. The molecule has 0 aliphatic heterocycles. The maximum atomic E-state index is 12.4. The first kappa shape index (κ1) is 20.1. The molecule has 0 spiro atoms. The molecule has 1 atom stereocenters.